The number of unbranched alkanes of at least 4 members (excludes halogenated alkanes) is 2. The van der Waals surface area contributed by atoms with E-state index in [1.54, 1.807) is 0 Å². The highest BCUT2D eigenvalue weighted by Gasteiger charge is 2.35. The van der Waals surface area contributed by atoms with Gasteiger partial charge in [-0.25, -0.2) is 4.79 Å². The molecule has 4 heteroatoms. The molecule has 2 atom stereocenters. The molecule has 218 valence electrons. The zero-order valence-corrected chi connectivity index (χ0v) is 24.6. The van der Waals surface area contributed by atoms with Crippen LogP contribution in [0.1, 0.15) is 120 Å². The molecular weight excluding hydrogens is 484 g/mol. The monoisotopic (exact) mass is 538 g/mol. The molecule has 2 unspecified atom stereocenters. The van der Waals surface area contributed by atoms with E-state index in [1.807, 2.05) is 0 Å². The molecule has 4 rings (SSSR count). The van der Waals surface area contributed by atoms with E-state index in [-0.39, 0.29) is 12.2 Å². The second-order valence-electron chi connectivity index (χ2n) is 12.8. The van der Waals surface area contributed by atoms with Crippen LogP contribution in [0.25, 0.3) is 0 Å². The number of esters is 1. The molecule has 2 aliphatic carbocycles. The molecule has 39 heavy (non-hydrogen) atoms. The quantitative estimate of drug-likeness (QED) is 0.156. The van der Waals surface area contributed by atoms with Gasteiger partial charge in [-0.05, 0) is 105 Å². The van der Waals surface area contributed by atoms with Gasteiger partial charge >= 0.3 is 5.97 Å². The van der Waals surface area contributed by atoms with Crippen LogP contribution in [-0.4, -0.2) is 37.0 Å². The van der Waals surface area contributed by atoms with Gasteiger partial charge in [0.25, 0.3) is 0 Å². The molecule has 1 saturated heterocycles. The third-order valence-corrected chi connectivity index (χ3v) is 10.2. The van der Waals surface area contributed by atoms with Crippen molar-refractivity contribution >= 4 is 5.97 Å². The van der Waals surface area contributed by atoms with Gasteiger partial charge in [-0.1, -0.05) is 76.3 Å². The van der Waals surface area contributed by atoms with Crippen molar-refractivity contribution in [3.05, 3.63) is 47.5 Å². The summed E-state index contributed by atoms with van der Waals surface area (Å²) in [6, 6.07) is 9.08. The maximum absolute atomic E-state index is 11.6. The second-order valence-corrected chi connectivity index (χ2v) is 12.8. The van der Waals surface area contributed by atoms with Gasteiger partial charge in [0.1, 0.15) is 0 Å². The van der Waals surface area contributed by atoms with E-state index in [1.165, 1.54) is 101 Å². The number of rotatable bonds is 13. The molecule has 1 aromatic rings. The molecule has 3 aliphatic rings. The van der Waals surface area contributed by atoms with Crippen molar-refractivity contribution in [2.75, 3.05) is 19.8 Å². The Labute approximate surface area is 237 Å². The summed E-state index contributed by atoms with van der Waals surface area (Å²) < 4.78 is 11.7. The minimum Gasteiger partial charge on any atom is -0.462 e. The summed E-state index contributed by atoms with van der Waals surface area (Å²) in [5, 5.41) is 8.93. The molecule has 3 fully saturated rings. The molecule has 0 amide bonds. The predicted molar refractivity (Wildman–Crippen MR) is 159 cm³/mol. The van der Waals surface area contributed by atoms with Gasteiger partial charge in [-0.3, -0.25) is 0 Å². The Balaban J connectivity index is 1.11. The minimum atomic E-state index is -0.502. The molecule has 2 saturated carbocycles. The number of carbonyl (C=O) groups excluding carboxylic acids is 1. The lowest BCUT2D eigenvalue weighted by Gasteiger charge is -2.41. The third-order valence-electron chi connectivity index (χ3n) is 10.2. The molecule has 1 aromatic carbocycles. The Morgan fingerprint density at radius 2 is 1.59 bits per heavy atom. The SMILES string of the molecule is C=C(CO)C(=O)OCCCc1ccc(C2CCC(C3CCC(C4CCC(CCCCC)CC4)CO3)CC2)cc1. The standard InChI is InChI=1S/C35H54O4/c1-3-4-5-7-27-11-15-31(16-12-27)33-21-22-34(39-25-33)32-19-17-30(18-20-32)29-13-9-28(10-14-29)8-6-23-38-35(37)26(2)24-36/h9-10,13-14,27,30-34,36H,2-8,11-12,15-25H2,1H3. The van der Waals surface area contributed by atoms with Gasteiger partial charge in [0.2, 0.25) is 0 Å². The summed E-state index contributed by atoms with van der Waals surface area (Å²) in [4.78, 5) is 11.6. The van der Waals surface area contributed by atoms with Crippen molar-refractivity contribution in [3.63, 3.8) is 0 Å². The maximum Gasteiger partial charge on any atom is 0.335 e. The van der Waals surface area contributed by atoms with Gasteiger partial charge in [0, 0.05) is 0 Å². The van der Waals surface area contributed by atoms with E-state index in [9.17, 15) is 4.79 Å². The fourth-order valence-corrected chi connectivity index (χ4v) is 7.56. The van der Waals surface area contributed by atoms with Crippen molar-refractivity contribution in [3.8, 4) is 0 Å². The molecule has 0 radical (unpaired) electrons. The van der Waals surface area contributed by atoms with E-state index in [2.05, 4.69) is 37.8 Å². The van der Waals surface area contributed by atoms with E-state index in [0.717, 1.165) is 43.1 Å². The zero-order chi connectivity index (χ0) is 27.5. The number of carbonyl (C=O) groups is 1. The van der Waals surface area contributed by atoms with Crippen LogP contribution < -0.4 is 0 Å². The highest BCUT2D eigenvalue weighted by molar-refractivity contribution is 5.87. The Hall–Kier alpha value is -1.65. The van der Waals surface area contributed by atoms with Crippen LogP contribution in [-0.2, 0) is 20.7 Å². The molecule has 1 aliphatic heterocycles. The number of aryl methyl sites for hydroxylation is 1. The fraction of sp³-hybridized carbons (Fsp3) is 0.743. The summed E-state index contributed by atoms with van der Waals surface area (Å²) in [5.74, 6) is 3.67. The van der Waals surface area contributed by atoms with Crippen LogP contribution >= 0.6 is 0 Å². The number of hydrogen-bond acceptors (Lipinski definition) is 4. The average Bonchev–Trinajstić information content (AvgIpc) is 3.00. The van der Waals surface area contributed by atoms with Gasteiger partial charge in [-0.2, -0.15) is 0 Å². The summed E-state index contributed by atoms with van der Waals surface area (Å²) >= 11 is 0. The Morgan fingerprint density at radius 1 is 0.897 bits per heavy atom. The second kappa shape index (κ2) is 16.0. The number of ether oxygens (including phenoxy) is 2. The smallest absolute Gasteiger partial charge is 0.335 e. The van der Waals surface area contributed by atoms with Crippen LogP contribution in [0.15, 0.2) is 36.4 Å². The third kappa shape index (κ3) is 9.18. The summed E-state index contributed by atoms with van der Waals surface area (Å²) in [7, 11) is 0. The van der Waals surface area contributed by atoms with E-state index in [4.69, 9.17) is 14.6 Å². The lowest BCUT2D eigenvalue weighted by atomic mass is 9.71. The topological polar surface area (TPSA) is 55.8 Å². The first-order valence-electron chi connectivity index (χ1n) is 16.2. The molecular formula is C35H54O4. The number of benzene rings is 1. The first-order valence-corrected chi connectivity index (χ1v) is 16.2. The largest absolute Gasteiger partial charge is 0.462 e. The molecule has 1 N–H and O–H groups in total. The Morgan fingerprint density at radius 3 is 2.23 bits per heavy atom. The first kappa shape index (κ1) is 30.3. The van der Waals surface area contributed by atoms with Crippen molar-refractivity contribution in [1.82, 2.24) is 0 Å². The van der Waals surface area contributed by atoms with Gasteiger partial charge in [0.15, 0.2) is 0 Å². The first-order chi connectivity index (χ1) is 19.1. The lowest BCUT2D eigenvalue weighted by Crippen LogP contribution is -2.37. The number of aliphatic hydroxyl groups excluding tert-OH is 1. The lowest BCUT2D eigenvalue weighted by molar-refractivity contribution is -0.139. The number of aliphatic hydroxyl groups is 1. The molecule has 1 heterocycles. The maximum atomic E-state index is 11.6. The molecule has 0 spiro atoms. The van der Waals surface area contributed by atoms with Crippen LogP contribution in [0.4, 0.5) is 0 Å². The fourth-order valence-electron chi connectivity index (χ4n) is 7.56. The van der Waals surface area contributed by atoms with Gasteiger partial charge in [-0.15, -0.1) is 0 Å². The predicted octanol–water partition coefficient (Wildman–Crippen LogP) is 8.17. The summed E-state index contributed by atoms with van der Waals surface area (Å²) in [6.07, 6.45) is 21.5. The highest BCUT2D eigenvalue weighted by Crippen LogP contribution is 2.43. The number of hydrogen-bond donors (Lipinski definition) is 1. The van der Waals surface area contributed by atoms with Crippen molar-refractivity contribution in [1.29, 1.82) is 0 Å². The van der Waals surface area contributed by atoms with Crippen molar-refractivity contribution in [2.45, 2.75) is 122 Å². The van der Waals surface area contributed by atoms with E-state index in [0.29, 0.717) is 18.6 Å². The van der Waals surface area contributed by atoms with Gasteiger partial charge < -0.3 is 14.6 Å². The van der Waals surface area contributed by atoms with E-state index < -0.39 is 5.97 Å². The van der Waals surface area contributed by atoms with Crippen LogP contribution in [0.3, 0.4) is 0 Å². The normalized spacial score (nSPS) is 29.6. The molecule has 0 bridgehead atoms. The zero-order valence-electron chi connectivity index (χ0n) is 24.6. The van der Waals surface area contributed by atoms with Crippen LogP contribution in [0.5, 0.6) is 0 Å². The van der Waals surface area contributed by atoms with Crippen LogP contribution in [0, 0.1) is 23.7 Å². The van der Waals surface area contributed by atoms with E-state index >= 15 is 0 Å². The van der Waals surface area contributed by atoms with Crippen LogP contribution in [0.2, 0.25) is 0 Å². The average molecular weight is 539 g/mol. The molecule has 0 aromatic heterocycles. The minimum absolute atomic E-state index is 0.110. The highest BCUT2D eigenvalue weighted by atomic mass is 16.5. The van der Waals surface area contributed by atoms with Crippen molar-refractivity contribution in [2.24, 2.45) is 23.7 Å². The Kier molecular flexibility index (Phi) is 12.4. The van der Waals surface area contributed by atoms with Crippen molar-refractivity contribution < 1.29 is 19.4 Å². The molecule has 4 nitrogen and oxygen atoms in total. The Bertz CT molecular complexity index is 853. The van der Waals surface area contributed by atoms with Gasteiger partial charge in [0.05, 0.1) is 31.5 Å². The summed E-state index contributed by atoms with van der Waals surface area (Å²) in [6.45, 7) is 6.83. The summed E-state index contributed by atoms with van der Waals surface area (Å²) in [5.41, 5.74) is 2.86.